The van der Waals surface area contributed by atoms with Gasteiger partial charge in [-0.05, 0) is 13.0 Å². The third-order valence-electron chi connectivity index (χ3n) is 2.34. The summed E-state index contributed by atoms with van der Waals surface area (Å²) in [6.07, 6.45) is 3.95. The molecule has 4 nitrogen and oxygen atoms in total. The summed E-state index contributed by atoms with van der Waals surface area (Å²) in [6.45, 7) is 8.41. The highest BCUT2D eigenvalue weighted by atomic mass is 16.5. The molecular formula is C13H22N2O2. The van der Waals surface area contributed by atoms with Crippen LogP contribution < -0.4 is 0 Å². The molecule has 1 saturated heterocycles. The van der Waals surface area contributed by atoms with Gasteiger partial charge in [0.25, 0.3) is 0 Å². The molecule has 1 rings (SSSR count). The molecule has 17 heavy (non-hydrogen) atoms. The summed E-state index contributed by atoms with van der Waals surface area (Å²) >= 11 is 0. The van der Waals surface area contributed by atoms with Crippen LogP contribution in [0.4, 0.5) is 0 Å². The fourth-order valence-corrected chi connectivity index (χ4v) is 1.55. The Morgan fingerprint density at radius 1 is 1.59 bits per heavy atom. The van der Waals surface area contributed by atoms with Gasteiger partial charge in [-0.25, -0.2) is 0 Å². The maximum absolute atomic E-state index is 10.8. The predicted octanol–water partition coefficient (Wildman–Crippen LogP) is 1.77. The minimum Gasteiger partial charge on any atom is -0.378 e. The molecule has 1 heterocycles. The van der Waals surface area contributed by atoms with E-state index < -0.39 is 0 Å². The normalized spacial score (nSPS) is 20.5. The average Bonchev–Trinajstić information content (AvgIpc) is 2.37. The highest BCUT2D eigenvalue weighted by molar-refractivity contribution is 5.87. The molecule has 96 valence electrons. The van der Waals surface area contributed by atoms with Crippen LogP contribution in [0.3, 0.4) is 0 Å². The lowest BCUT2D eigenvalue weighted by Gasteiger charge is -2.33. The van der Waals surface area contributed by atoms with Crippen LogP contribution in [0.2, 0.25) is 0 Å². The van der Waals surface area contributed by atoms with Gasteiger partial charge in [-0.15, -0.1) is 0 Å². The van der Waals surface area contributed by atoms with Gasteiger partial charge in [0.15, 0.2) is 5.78 Å². The first-order valence-corrected chi connectivity index (χ1v) is 6.11. The Kier molecular flexibility index (Phi) is 9.31. The fraction of sp³-hybridized carbons (Fsp3) is 0.692. The van der Waals surface area contributed by atoms with Crippen molar-refractivity contribution in [3.05, 3.63) is 12.2 Å². The van der Waals surface area contributed by atoms with E-state index in [2.05, 4.69) is 11.0 Å². The van der Waals surface area contributed by atoms with Gasteiger partial charge in [0.1, 0.15) is 0 Å². The number of ether oxygens (including phenoxy) is 1. The number of morpholine rings is 1. The number of nitriles is 1. The van der Waals surface area contributed by atoms with Crippen LogP contribution in [0.1, 0.15) is 27.2 Å². The third-order valence-corrected chi connectivity index (χ3v) is 2.34. The number of hydrogen-bond acceptors (Lipinski definition) is 4. The second-order valence-electron chi connectivity index (χ2n) is 3.56. The summed E-state index contributed by atoms with van der Waals surface area (Å²) in [7, 11) is 0. The van der Waals surface area contributed by atoms with Crippen molar-refractivity contribution in [3.8, 4) is 6.07 Å². The van der Waals surface area contributed by atoms with Crippen molar-refractivity contribution in [1.29, 1.82) is 5.26 Å². The standard InChI is InChI=1S/C11H16N2O2.C2H6/c1-10(14)3-4-11-9-15-8-7-13(11)6-2-5-12;1-2/h3-4,11H,2,6-9H2,1H3;1-2H3/b4-3+;/t11-;/m1./s1. The van der Waals surface area contributed by atoms with Gasteiger partial charge in [-0.3, -0.25) is 9.69 Å². The number of hydrogen-bond donors (Lipinski definition) is 0. The maximum Gasteiger partial charge on any atom is 0.152 e. The molecule has 0 aliphatic carbocycles. The topological polar surface area (TPSA) is 53.3 Å². The minimum absolute atomic E-state index is 0.0424. The van der Waals surface area contributed by atoms with Crippen LogP contribution in [0.25, 0.3) is 0 Å². The third kappa shape index (κ3) is 6.88. The molecule has 0 aromatic carbocycles. The summed E-state index contributed by atoms with van der Waals surface area (Å²) in [5.41, 5.74) is 0. The number of nitrogens with zero attached hydrogens (tertiary/aromatic N) is 2. The van der Waals surface area contributed by atoms with Crippen molar-refractivity contribution in [3.63, 3.8) is 0 Å². The molecule has 0 aromatic rings. The molecule has 0 unspecified atom stereocenters. The average molecular weight is 238 g/mol. The number of rotatable bonds is 4. The van der Waals surface area contributed by atoms with Crippen LogP contribution in [0, 0.1) is 11.3 Å². The van der Waals surface area contributed by atoms with Gasteiger partial charge in [0.05, 0.1) is 25.3 Å². The van der Waals surface area contributed by atoms with Crippen LogP contribution in [-0.2, 0) is 9.53 Å². The van der Waals surface area contributed by atoms with Gasteiger partial charge in [0, 0.05) is 19.5 Å². The summed E-state index contributed by atoms with van der Waals surface area (Å²) in [4.78, 5) is 13.0. The molecular weight excluding hydrogens is 216 g/mol. The quantitative estimate of drug-likeness (QED) is 0.700. The Balaban J connectivity index is 0.00000121. The summed E-state index contributed by atoms with van der Waals surface area (Å²) < 4.78 is 5.34. The molecule has 0 radical (unpaired) electrons. The first kappa shape index (κ1) is 15.8. The monoisotopic (exact) mass is 238 g/mol. The van der Waals surface area contributed by atoms with E-state index in [-0.39, 0.29) is 11.8 Å². The minimum atomic E-state index is 0.0424. The van der Waals surface area contributed by atoms with E-state index in [0.29, 0.717) is 19.6 Å². The highest BCUT2D eigenvalue weighted by Crippen LogP contribution is 2.08. The Labute approximate surface area is 104 Å². The summed E-state index contributed by atoms with van der Waals surface area (Å²) in [5, 5.41) is 8.52. The maximum atomic E-state index is 10.8. The Morgan fingerprint density at radius 3 is 2.88 bits per heavy atom. The SMILES string of the molecule is CC.CC(=O)/C=C/[C@@H]1COCCN1CCC#N. The molecule has 0 aromatic heterocycles. The van der Waals surface area contributed by atoms with Crippen molar-refractivity contribution in [2.45, 2.75) is 33.2 Å². The van der Waals surface area contributed by atoms with Gasteiger partial charge in [-0.1, -0.05) is 19.9 Å². The summed E-state index contributed by atoms with van der Waals surface area (Å²) in [6, 6.07) is 2.26. The van der Waals surface area contributed by atoms with E-state index in [9.17, 15) is 4.79 Å². The Hall–Kier alpha value is -1.18. The number of carbonyl (C=O) groups is 1. The lowest BCUT2D eigenvalue weighted by molar-refractivity contribution is -0.112. The zero-order chi connectivity index (χ0) is 13.1. The molecule has 1 aliphatic rings. The van der Waals surface area contributed by atoms with E-state index in [1.165, 1.54) is 6.92 Å². The molecule has 0 bridgehead atoms. The van der Waals surface area contributed by atoms with Crippen molar-refractivity contribution in [2.24, 2.45) is 0 Å². The summed E-state index contributed by atoms with van der Waals surface area (Å²) in [5.74, 6) is 0.0424. The number of allylic oxidation sites excluding steroid dienone is 1. The molecule has 1 fully saturated rings. The van der Waals surface area contributed by atoms with Crippen molar-refractivity contribution in [2.75, 3.05) is 26.3 Å². The van der Waals surface area contributed by atoms with E-state index >= 15 is 0 Å². The Morgan fingerprint density at radius 2 is 2.29 bits per heavy atom. The van der Waals surface area contributed by atoms with Gasteiger partial charge in [0.2, 0.25) is 0 Å². The van der Waals surface area contributed by atoms with Crippen molar-refractivity contribution >= 4 is 5.78 Å². The van der Waals surface area contributed by atoms with Gasteiger partial charge in [-0.2, -0.15) is 5.26 Å². The molecule has 0 N–H and O–H groups in total. The lowest BCUT2D eigenvalue weighted by Crippen LogP contribution is -2.44. The molecule has 0 amide bonds. The van der Waals surface area contributed by atoms with E-state index in [1.54, 1.807) is 6.08 Å². The van der Waals surface area contributed by atoms with Gasteiger partial charge >= 0.3 is 0 Å². The first-order chi connectivity index (χ1) is 8.24. The number of ketones is 1. The van der Waals surface area contributed by atoms with Crippen LogP contribution >= 0.6 is 0 Å². The molecule has 0 spiro atoms. The predicted molar refractivity (Wildman–Crippen MR) is 67.6 cm³/mol. The van der Waals surface area contributed by atoms with Crippen LogP contribution in [0.15, 0.2) is 12.2 Å². The van der Waals surface area contributed by atoms with Crippen molar-refractivity contribution < 1.29 is 9.53 Å². The molecule has 1 aliphatic heterocycles. The highest BCUT2D eigenvalue weighted by Gasteiger charge is 2.19. The zero-order valence-corrected chi connectivity index (χ0v) is 11.0. The molecule has 1 atom stereocenters. The van der Waals surface area contributed by atoms with E-state index in [0.717, 1.165) is 13.1 Å². The van der Waals surface area contributed by atoms with E-state index in [1.807, 2.05) is 19.9 Å². The second kappa shape index (κ2) is 10.0. The van der Waals surface area contributed by atoms with Crippen LogP contribution in [-0.4, -0.2) is 43.0 Å². The van der Waals surface area contributed by atoms with E-state index in [4.69, 9.17) is 10.00 Å². The molecule has 4 heteroatoms. The smallest absolute Gasteiger partial charge is 0.152 e. The second-order valence-corrected chi connectivity index (χ2v) is 3.56. The van der Waals surface area contributed by atoms with Crippen LogP contribution in [0.5, 0.6) is 0 Å². The fourth-order valence-electron chi connectivity index (χ4n) is 1.55. The van der Waals surface area contributed by atoms with Gasteiger partial charge < -0.3 is 4.74 Å². The first-order valence-electron chi connectivity index (χ1n) is 6.11. The van der Waals surface area contributed by atoms with Crippen molar-refractivity contribution in [1.82, 2.24) is 4.90 Å². The largest absolute Gasteiger partial charge is 0.378 e. The number of carbonyl (C=O) groups excluding carboxylic acids is 1. The zero-order valence-electron chi connectivity index (χ0n) is 11.0. The Bertz CT molecular complexity index is 282. The molecule has 0 saturated carbocycles. The lowest BCUT2D eigenvalue weighted by atomic mass is 10.2.